The van der Waals surface area contributed by atoms with Gasteiger partial charge in [0.25, 0.3) is 5.91 Å². The predicted molar refractivity (Wildman–Crippen MR) is 121 cm³/mol. The minimum atomic E-state index is -0.167. The van der Waals surface area contributed by atoms with E-state index < -0.39 is 0 Å². The lowest BCUT2D eigenvalue weighted by atomic mass is 10.1. The molecule has 0 N–H and O–H groups in total. The first-order chi connectivity index (χ1) is 14.9. The van der Waals surface area contributed by atoms with Crippen molar-refractivity contribution in [1.82, 2.24) is 4.90 Å². The lowest BCUT2D eigenvalue weighted by molar-refractivity contribution is -0.124. The summed E-state index contributed by atoms with van der Waals surface area (Å²) in [5, 5.41) is 5.85. The van der Waals surface area contributed by atoms with Crippen LogP contribution in [0.5, 0.6) is 11.5 Å². The smallest absolute Gasteiger partial charge is 0.270 e. The molecule has 0 radical (unpaired) electrons. The van der Waals surface area contributed by atoms with Crippen LogP contribution in [0, 0.1) is 13.8 Å². The third-order valence-electron chi connectivity index (χ3n) is 5.36. The number of ether oxygens (including phenoxy) is 2. The van der Waals surface area contributed by atoms with Gasteiger partial charge < -0.3 is 14.4 Å². The normalized spacial score (nSPS) is 13.6. The molecule has 0 aromatic heterocycles. The molecule has 1 heterocycles. The molecule has 164 valence electrons. The second kappa shape index (κ2) is 9.64. The maximum Gasteiger partial charge on any atom is 0.270 e. The molecule has 0 atom stereocenters. The lowest BCUT2D eigenvalue weighted by Gasteiger charge is -2.28. The van der Waals surface area contributed by atoms with E-state index in [1.54, 1.807) is 19.1 Å². The number of nitrogens with zero attached hydrogens (tertiary/aromatic N) is 3. The minimum Gasteiger partial charge on any atom is -0.493 e. The Balaban J connectivity index is 1.85. The van der Waals surface area contributed by atoms with Gasteiger partial charge in [-0.3, -0.25) is 9.59 Å². The summed E-state index contributed by atoms with van der Waals surface area (Å²) in [5.41, 5.74) is 4.01. The zero-order chi connectivity index (χ0) is 22.5. The number of rotatable bonds is 7. The van der Waals surface area contributed by atoms with Gasteiger partial charge in [0.05, 0.1) is 19.9 Å². The SMILES string of the molecule is CCN(Cc1ccc(OC)c(OC)c1)C(=O)C1=NN(c2cc(C)ccc2C)C(=O)CC1. The predicted octanol–water partition coefficient (Wildman–Crippen LogP) is 3.85. The summed E-state index contributed by atoms with van der Waals surface area (Å²) in [6.45, 7) is 6.75. The Hall–Kier alpha value is -3.35. The number of amides is 2. The second-order valence-electron chi connectivity index (χ2n) is 7.55. The molecule has 0 bridgehead atoms. The van der Waals surface area contributed by atoms with Gasteiger partial charge in [-0.05, 0) is 55.7 Å². The van der Waals surface area contributed by atoms with Gasteiger partial charge in [-0.15, -0.1) is 0 Å². The van der Waals surface area contributed by atoms with Crippen LogP contribution in [-0.4, -0.2) is 43.2 Å². The van der Waals surface area contributed by atoms with Crippen LogP contribution in [0.4, 0.5) is 5.69 Å². The van der Waals surface area contributed by atoms with Gasteiger partial charge in [0.1, 0.15) is 5.71 Å². The first-order valence-corrected chi connectivity index (χ1v) is 10.4. The molecule has 0 spiro atoms. The molecule has 1 aliphatic rings. The van der Waals surface area contributed by atoms with Gasteiger partial charge in [-0.2, -0.15) is 5.10 Å². The van der Waals surface area contributed by atoms with Crippen LogP contribution in [0.15, 0.2) is 41.5 Å². The highest BCUT2D eigenvalue weighted by atomic mass is 16.5. The van der Waals surface area contributed by atoms with E-state index in [1.165, 1.54) is 5.01 Å². The zero-order valence-corrected chi connectivity index (χ0v) is 18.8. The Labute approximate surface area is 183 Å². The van der Waals surface area contributed by atoms with E-state index in [2.05, 4.69) is 5.10 Å². The van der Waals surface area contributed by atoms with E-state index in [9.17, 15) is 9.59 Å². The van der Waals surface area contributed by atoms with Crippen molar-refractivity contribution >= 4 is 23.2 Å². The van der Waals surface area contributed by atoms with Gasteiger partial charge in [-0.25, -0.2) is 5.01 Å². The molecule has 31 heavy (non-hydrogen) atoms. The first-order valence-electron chi connectivity index (χ1n) is 10.4. The van der Waals surface area contributed by atoms with Gasteiger partial charge >= 0.3 is 0 Å². The Kier molecular flexibility index (Phi) is 6.95. The number of hydrazone groups is 1. The summed E-state index contributed by atoms with van der Waals surface area (Å²) >= 11 is 0. The van der Waals surface area contributed by atoms with E-state index in [0.29, 0.717) is 36.7 Å². The Morgan fingerprint density at radius 1 is 1.06 bits per heavy atom. The molecule has 0 aliphatic carbocycles. The number of methoxy groups -OCH3 is 2. The fraction of sp³-hybridized carbons (Fsp3) is 0.375. The number of hydrogen-bond donors (Lipinski definition) is 0. The van der Waals surface area contributed by atoms with Crippen LogP contribution >= 0.6 is 0 Å². The zero-order valence-electron chi connectivity index (χ0n) is 18.8. The summed E-state index contributed by atoms with van der Waals surface area (Å²) in [4.78, 5) is 27.5. The maximum atomic E-state index is 13.2. The van der Waals surface area contributed by atoms with Crippen molar-refractivity contribution in [1.29, 1.82) is 0 Å². The minimum absolute atomic E-state index is 0.104. The fourth-order valence-corrected chi connectivity index (χ4v) is 3.55. The molecule has 2 aromatic carbocycles. The molecule has 1 aliphatic heterocycles. The average Bonchev–Trinajstić information content (AvgIpc) is 2.78. The van der Waals surface area contributed by atoms with Crippen molar-refractivity contribution in [3.8, 4) is 11.5 Å². The third kappa shape index (κ3) is 4.87. The second-order valence-corrected chi connectivity index (χ2v) is 7.55. The van der Waals surface area contributed by atoms with E-state index in [0.717, 1.165) is 22.4 Å². The number of aryl methyl sites for hydroxylation is 2. The van der Waals surface area contributed by atoms with Crippen molar-refractivity contribution in [2.75, 3.05) is 25.8 Å². The average molecular weight is 424 g/mol. The molecule has 0 saturated heterocycles. The largest absolute Gasteiger partial charge is 0.493 e. The third-order valence-corrected chi connectivity index (χ3v) is 5.36. The highest BCUT2D eigenvalue weighted by molar-refractivity contribution is 6.40. The van der Waals surface area contributed by atoms with Crippen LogP contribution in [0.25, 0.3) is 0 Å². The number of benzene rings is 2. The summed E-state index contributed by atoms with van der Waals surface area (Å²) < 4.78 is 10.7. The molecular formula is C24H29N3O4. The van der Waals surface area contributed by atoms with Gasteiger partial charge in [0.15, 0.2) is 11.5 Å². The highest BCUT2D eigenvalue weighted by Gasteiger charge is 2.29. The van der Waals surface area contributed by atoms with Crippen molar-refractivity contribution < 1.29 is 19.1 Å². The quantitative estimate of drug-likeness (QED) is 0.678. The van der Waals surface area contributed by atoms with E-state index in [4.69, 9.17) is 9.47 Å². The number of carbonyl (C=O) groups excluding carboxylic acids is 2. The summed E-state index contributed by atoms with van der Waals surface area (Å²) in [6, 6.07) is 11.5. The van der Waals surface area contributed by atoms with Crippen LogP contribution in [0.2, 0.25) is 0 Å². The molecule has 7 nitrogen and oxygen atoms in total. The topological polar surface area (TPSA) is 71.4 Å². The number of anilines is 1. The molecular weight excluding hydrogens is 394 g/mol. The molecule has 0 unspecified atom stereocenters. The molecule has 2 amide bonds. The van der Waals surface area contributed by atoms with Crippen molar-refractivity contribution in [3.63, 3.8) is 0 Å². The number of hydrogen-bond acceptors (Lipinski definition) is 5. The summed E-state index contributed by atoms with van der Waals surface area (Å²) in [5.74, 6) is 0.985. The van der Waals surface area contributed by atoms with E-state index in [1.807, 2.05) is 57.2 Å². The van der Waals surface area contributed by atoms with Crippen LogP contribution in [-0.2, 0) is 16.1 Å². The van der Waals surface area contributed by atoms with Crippen LogP contribution in [0.1, 0.15) is 36.5 Å². The van der Waals surface area contributed by atoms with Crippen LogP contribution in [0.3, 0.4) is 0 Å². The molecule has 0 saturated carbocycles. The van der Waals surface area contributed by atoms with Crippen molar-refractivity contribution in [3.05, 3.63) is 53.1 Å². The van der Waals surface area contributed by atoms with Crippen molar-refractivity contribution in [2.24, 2.45) is 5.10 Å². The Morgan fingerprint density at radius 2 is 1.81 bits per heavy atom. The van der Waals surface area contributed by atoms with E-state index in [-0.39, 0.29) is 18.2 Å². The first kappa shape index (κ1) is 22.3. The molecule has 3 rings (SSSR count). The Bertz CT molecular complexity index is 1020. The Morgan fingerprint density at radius 3 is 2.48 bits per heavy atom. The van der Waals surface area contributed by atoms with Gasteiger partial charge in [0.2, 0.25) is 5.91 Å². The number of carbonyl (C=O) groups is 2. The van der Waals surface area contributed by atoms with Crippen molar-refractivity contribution in [2.45, 2.75) is 40.2 Å². The fourth-order valence-electron chi connectivity index (χ4n) is 3.55. The molecule has 2 aromatic rings. The maximum absolute atomic E-state index is 13.2. The van der Waals surface area contributed by atoms with Gasteiger partial charge in [0, 0.05) is 25.9 Å². The van der Waals surface area contributed by atoms with Gasteiger partial charge in [-0.1, -0.05) is 18.2 Å². The standard InChI is InChI=1S/C24H29N3O4/c1-6-26(15-18-9-11-21(30-4)22(14-18)31-5)24(29)19-10-12-23(28)27(25-19)20-13-16(2)7-8-17(20)3/h7-9,11,13-14H,6,10,12,15H2,1-5H3. The lowest BCUT2D eigenvalue weighted by Crippen LogP contribution is -2.41. The monoisotopic (exact) mass is 423 g/mol. The summed E-state index contributed by atoms with van der Waals surface area (Å²) in [6.07, 6.45) is 0.591. The molecule has 0 fully saturated rings. The van der Waals surface area contributed by atoms with E-state index >= 15 is 0 Å². The molecule has 7 heteroatoms. The van der Waals surface area contributed by atoms with Crippen LogP contribution < -0.4 is 14.5 Å². The highest BCUT2D eigenvalue weighted by Crippen LogP contribution is 2.29. The summed E-state index contributed by atoms with van der Waals surface area (Å²) in [7, 11) is 3.17.